The monoisotopic (exact) mass is 299 g/mol. The Kier molecular flexibility index (Phi) is 7.53. The third kappa shape index (κ3) is 4.20. The van der Waals surface area contributed by atoms with Crippen LogP contribution in [0.25, 0.3) is 0 Å². The summed E-state index contributed by atoms with van der Waals surface area (Å²) >= 11 is 5.99. The van der Waals surface area contributed by atoms with Crippen LogP contribution in [0.15, 0.2) is 18.2 Å². The van der Waals surface area contributed by atoms with Crippen LogP contribution in [0, 0.1) is 5.82 Å². The van der Waals surface area contributed by atoms with Gasteiger partial charge < -0.3 is 5.32 Å². The minimum atomic E-state index is -0.241. The number of hydrogen-bond acceptors (Lipinski definition) is 1. The third-order valence-electron chi connectivity index (χ3n) is 3.87. The minimum absolute atomic E-state index is 0.145. The highest BCUT2D eigenvalue weighted by molar-refractivity contribution is 6.30. The fourth-order valence-corrected chi connectivity index (χ4v) is 3.22. The molecule has 0 aromatic heterocycles. The summed E-state index contributed by atoms with van der Waals surface area (Å²) in [5, 5.41) is 3.71. The van der Waals surface area contributed by atoms with Crippen molar-refractivity contribution in [1.82, 2.24) is 5.32 Å². The molecule has 114 valence electrons. The summed E-state index contributed by atoms with van der Waals surface area (Å²) in [6, 6.07) is 5.39. The second-order valence-corrected chi connectivity index (χ2v) is 5.97. The zero-order valence-electron chi connectivity index (χ0n) is 12.9. The van der Waals surface area contributed by atoms with Gasteiger partial charge in [0.1, 0.15) is 5.82 Å². The Labute approximate surface area is 127 Å². The molecule has 1 N–H and O–H groups in total. The zero-order valence-corrected chi connectivity index (χ0v) is 13.7. The van der Waals surface area contributed by atoms with Gasteiger partial charge in [-0.05, 0) is 37.4 Å². The van der Waals surface area contributed by atoms with E-state index in [1.165, 1.54) is 0 Å². The van der Waals surface area contributed by atoms with E-state index in [1.807, 2.05) is 12.1 Å². The first-order valence-corrected chi connectivity index (χ1v) is 8.14. The molecule has 20 heavy (non-hydrogen) atoms. The largest absolute Gasteiger partial charge is 0.316 e. The lowest BCUT2D eigenvalue weighted by molar-refractivity contribution is 0.324. The first kappa shape index (κ1) is 17.5. The van der Waals surface area contributed by atoms with Crippen molar-refractivity contribution in [3.63, 3.8) is 0 Å². The molecule has 0 unspecified atom stereocenters. The number of hydrogen-bond donors (Lipinski definition) is 1. The summed E-state index contributed by atoms with van der Waals surface area (Å²) in [7, 11) is 0. The average Bonchev–Trinajstić information content (AvgIpc) is 2.42. The van der Waals surface area contributed by atoms with E-state index in [9.17, 15) is 4.39 Å². The van der Waals surface area contributed by atoms with Crippen molar-refractivity contribution in [3.8, 4) is 0 Å². The maximum atomic E-state index is 14.5. The van der Waals surface area contributed by atoms with E-state index in [1.54, 1.807) is 6.07 Å². The molecule has 0 radical (unpaired) electrons. The maximum absolute atomic E-state index is 14.5. The molecule has 0 atom stereocenters. The molecule has 0 heterocycles. The Morgan fingerprint density at radius 1 is 1.10 bits per heavy atom. The van der Waals surface area contributed by atoms with E-state index in [0.717, 1.165) is 50.8 Å². The van der Waals surface area contributed by atoms with Crippen LogP contribution in [0.2, 0.25) is 5.02 Å². The van der Waals surface area contributed by atoms with E-state index >= 15 is 0 Å². The lowest BCUT2D eigenvalue weighted by Crippen LogP contribution is -2.39. The lowest BCUT2D eigenvalue weighted by Gasteiger charge is -2.35. The summed E-state index contributed by atoms with van der Waals surface area (Å²) in [6.07, 6.45) is 5.13. The fraction of sp³-hybridized carbons (Fsp3) is 0.647. The summed E-state index contributed by atoms with van der Waals surface area (Å²) in [5.74, 6) is -0.241. The number of nitrogens with one attached hydrogen (secondary N) is 1. The van der Waals surface area contributed by atoms with Crippen LogP contribution in [-0.4, -0.2) is 13.1 Å². The van der Waals surface area contributed by atoms with Gasteiger partial charge in [0.15, 0.2) is 0 Å². The van der Waals surface area contributed by atoms with Gasteiger partial charge in [0.25, 0.3) is 0 Å². The van der Waals surface area contributed by atoms with Crippen molar-refractivity contribution >= 4 is 11.6 Å². The minimum Gasteiger partial charge on any atom is -0.316 e. The van der Waals surface area contributed by atoms with Gasteiger partial charge in [0.2, 0.25) is 0 Å². The molecule has 1 nitrogen and oxygen atoms in total. The van der Waals surface area contributed by atoms with Crippen LogP contribution < -0.4 is 5.32 Å². The van der Waals surface area contributed by atoms with Gasteiger partial charge in [0, 0.05) is 12.0 Å². The molecule has 1 rings (SSSR count). The molecule has 0 spiro atoms. The SMILES string of the molecule is CCCNCC(CCC)(CCC)c1cccc(Cl)c1F. The second-order valence-electron chi connectivity index (χ2n) is 5.56. The summed E-state index contributed by atoms with van der Waals surface area (Å²) < 4.78 is 14.5. The first-order valence-electron chi connectivity index (χ1n) is 7.76. The maximum Gasteiger partial charge on any atom is 0.145 e. The average molecular weight is 300 g/mol. The Bertz CT molecular complexity index is 400. The van der Waals surface area contributed by atoms with Crippen LogP contribution in [0.5, 0.6) is 0 Å². The van der Waals surface area contributed by atoms with Crippen molar-refractivity contribution in [2.75, 3.05) is 13.1 Å². The number of rotatable bonds is 9. The normalized spacial score (nSPS) is 11.8. The Hall–Kier alpha value is -0.600. The molecular formula is C17H27ClFN. The second kappa shape index (κ2) is 8.63. The van der Waals surface area contributed by atoms with Gasteiger partial charge in [-0.25, -0.2) is 4.39 Å². The molecular weight excluding hydrogens is 273 g/mol. The van der Waals surface area contributed by atoms with Gasteiger partial charge in [-0.2, -0.15) is 0 Å². The molecule has 1 aromatic rings. The van der Waals surface area contributed by atoms with E-state index < -0.39 is 0 Å². The molecule has 0 amide bonds. The van der Waals surface area contributed by atoms with Crippen LogP contribution in [0.4, 0.5) is 4.39 Å². The molecule has 0 aliphatic heterocycles. The van der Waals surface area contributed by atoms with Gasteiger partial charge in [-0.3, -0.25) is 0 Å². The van der Waals surface area contributed by atoms with Gasteiger partial charge >= 0.3 is 0 Å². The van der Waals surface area contributed by atoms with Crippen molar-refractivity contribution in [1.29, 1.82) is 0 Å². The lowest BCUT2D eigenvalue weighted by atomic mass is 9.73. The highest BCUT2D eigenvalue weighted by Crippen LogP contribution is 2.37. The van der Waals surface area contributed by atoms with Crippen LogP contribution in [0.3, 0.4) is 0 Å². The highest BCUT2D eigenvalue weighted by Gasteiger charge is 2.33. The van der Waals surface area contributed by atoms with Crippen molar-refractivity contribution in [3.05, 3.63) is 34.6 Å². The predicted octanol–water partition coefficient (Wildman–Crippen LogP) is 5.32. The molecule has 0 saturated carbocycles. The van der Waals surface area contributed by atoms with E-state index in [-0.39, 0.29) is 16.3 Å². The van der Waals surface area contributed by atoms with Crippen molar-refractivity contribution in [2.45, 2.75) is 58.3 Å². The van der Waals surface area contributed by atoms with Crippen molar-refractivity contribution < 1.29 is 4.39 Å². The van der Waals surface area contributed by atoms with E-state index in [0.29, 0.717) is 0 Å². The fourth-order valence-electron chi connectivity index (χ4n) is 3.04. The van der Waals surface area contributed by atoms with Crippen LogP contribution >= 0.6 is 11.6 Å². The molecule has 3 heteroatoms. The van der Waals surface area contributed by atoms with Gasteiger partial charge in [-0.1, -0.05) is 57.3 Å². The quantitative estimate of drug-likeness (QED) is 0.609. The molecule has 0 saturated heterocycles. The zero-order chi connectivity index (χ0) is 15.0. The summed E-state index contributed by atoms with van der Waals surface area (Å²) in [6.45, 7) is 8.25. The smallest absolute Gasteiger partial charge is 0.145 e. The predicted molar refractivity (Wildman–Crippen MR) is 86.1 cm³/mol. The van der Waals surface area contributed by atoms with Crippen molar-refractivity contribution in [2.24, 2.45) is 0 Å². The third-order valence-corrected chi connectivity index (χ3v) is 4.16. The molecule has 0 aliphatic carbocycles. The molecule has 0 bridgehead atoms. The highest BCUT2D eigenvalue weighted by atomic mass is 35.5. The first-order chi connectivity index (χ1) is 9.61. The van der Waals surface area contributed by atoms with E-state index in [2.05, 4.69) is 26.1 Å². The molecule has 0 fully saturated rings. The Balaban J connectivity index is 3.14. The number of halogens is 2. The Morgan fingerprint density at radius 2 is 1.75 bits per heavy atom. The van der Waals surface area contributed by atoms with E-state index in [4.69, 9.17) is 11.6 Å². The topological polar surface area (TPSA) is 12.0 Å². The van der Waals surface area contributed by atoms with Crippen LogP contribution in [-0.2, 0) is 5.41 Å². The molecule has 0 aliphatic rings. The Morgan fingerprint density at radius 3 is 2.30 bits per heavy atom. The molecule has 1 aromatic carbocycles. The van der Waals surface area contributed by atoms with Gasteiger partial charge in [-0.15, -0.1) is 0 Å². The van der Waals surface area contributed by atoms with Crippen LogP contribution in [0.1, 0.15) is 58.4 Å². The standard InChI is InChI=1S/C17H27ClFN/c1-4-10-17(11-5-2,13-20-12-6-3)14-8-7-9-15(18)16(14)19/h7-9,20H,4-6,10-13H2,1-3H3. The number of benzene rings is 1. The summed E-state index contributed by atoms with van der Waals surface area (Å²) in [5.41, 5.74) is 0.630. The summed E-state index contributed by atoms with van der Waals surface area (Å²) in [4.78, 5) is 0. The van der Waals surface area contributed by atoms with Gasteiger partial charge in [0.05, 0.1) is 5.02 Å².